The van der Waals surface area contributed by atoms with Crippen molar-refractivity contribution >= 4 is 16.0 Å². The molecule has 2 heterocycles. The van der Waals surface area contributed by atoms with E-state index in [1.54, 1.807) is 30.6 Å². The molecule has 3 atom stereocenters. The fraction of sp³-hybridized carbons (Fsp3) is 0.444. The highest BCUT2D eigenvalue weighted by atomic mass is 32.2. The average molecular weight is 374 g/mol. The third-order valence-electron chi connectivity index (χ3n) is 5.25. The van der Waals surface area contributed by atoms with Crippen LogP contribution in [0.4, 0.5) is 5.95 Å². The van der Waals surface area contributed by atoms with E-state index in [-0.39, 0.29) is 16.9 Å². The summed E-state index contributed by atoms with van der Waals surface area (Å²) >= 11 is 0. The Morgan fingerprint density at radius 1 is 1.08 bits per heavy atom. The van der Waals surface area contributed by atoms with Crippen molar-refractivity contribution in [3.63, 3.8) is 0 Å². The summed E-state index contributed by atoms with van der Waals surface area (Å²) in [5.41, 5.74) is 0.934. The number of anilines is 1. The third-order valence-corrected chi connectivity index (χ3v) is 6.59. The zero-order valence-corrected chi connectivity index (χ0v) is 15.1. The summed E-state index contributed by atoms with van der Waals surface area (Å²) < 4.78 is 27.0. The van der Waals surface area contributed by atoms with Crippen LogP contribution in [0, 0.1) is 11.8 Å². The van der Waals surface area contributed by atoms with Crippen molar-refractivity contribution in [1.82, 2.24) is 14.9 Å². The Bertz CT molecular complexity index is 844. The molecule has 7 nitrogen and oxygen atoms in total. The summed E-state index contributed by atoms with van der Waals surface area (Å²) in [5, 5.41) is 10.1. The van der Waals surface area contributed by atoms with Gasteiger partial charge in [-0.05, 0) is 36.8 Å². The van der Waals surface area contributed by atoms with Crippen molar-refractivity contribution < 1.29 is 13.5 Å². The molecule has 1 aliphatic carbocycles. The van der Waals surface area contributed by atoms with Gasteiger partial charge in [-0.15, -0.1) is 0 Å². The third kappa shape index (κ3) is 3.58. The molecule has 26 heavy (non-hydrogen) atoms. The van der Waals surface area contributed by atoms with Crippen LogP contribution in [-0.2, 0) is 16.6 Å². The normalized spacial score (nSPS) is 26.0. The summed E-state index contributed by atoms with van der Waals surface area (Å²) in [6, 6.07) is 8.14. The molecule has 1 saturated carbocycles. The quantitative estimate of drug-likeness (QED) is 0.823. The Labute approximate surface area is 153 Å². The van der Waals surface area contributed by atoms with E-state index in [2.05, 4.69) is 19.6 Å². The minimum atomic E-state index is -3.68. The zero-order chi connectivity index (χ0) is 18.1. The van der Waals surface area contributed by atoms with Gasteiger partial charge in [0.2, 0.25) is 5.95 Å². The van der Waals surface area contributed by atoms with Gasteiger partial charge in [0, 0.05) is 37.6 Å². The van der Waals surface area contributed by atoms with Crippen LogP contribution in [0.25, 0.3) is 0 Å². The van der Waals surface area contributed by atoms with E-state index in [0.717, 1.165) is 31.5 Å². The standard InChI is InChI=1S/C18H22N4O3S/c23-17-14-6-7-15(17)12-22(11-14)10-13-8-19-18(20-9-13)21-26(24,25)16-4-2-1-3-5-16/h1-5,8-9,14-15,17,23H,6-7,10-12H2,(H,19,20,21)/t14-,15+,17?. The number of nitrogens with one attached hydrogen (secondary N) is 1. The highest BCUT2D eigenvalue weighted by Gasteiger charge is 2.40. The Kier molecular flexibility index (Phi) is 4.64. The molecule has 138 valence electrons. The molecule has 1 aromatic carbocycles. The summed E-state index contributed by atoms with van der Waals surface area (Å²) in [5.74, 6) is 0.796. The van der Waals surface area contributed by atoms with Crippen molar-refractivity contribution in [3.05, 3.63) is 48.3 Å². The Morgan fingerprint density at radius 2 is 1.69 bits per heavy atom. The number of aliphatic hydroxyl groups excluding tert-OH is 1. The maximum Gasteiger partial charge on any atom is 0.264 e. The number of sulfonamides is 1. The van der Waals surface area contributed by atoms with Crippen LogP contribution < -0.4 is 4.72 Å². The lowest BCUT2D eigenvalue weighted by molar-refractivity contribution is 0.0138. The summed E-state index contributed by atoms with van der Waals surface area (Å²) in [6.45, 7) is 2.49. The zero-order valence-electron chi connectivity index (χ0n) is 14.3. The van der Waals surface area contributed by atoms with E-state index in [4.69, 9.17) is 0 Å². The van der Waals surface area contributed by atoms with Crippen molar-refractivity contribution in [3.8, 4) is 0 Å². The molecule has 1 aromatic heterocycles. The van der Waals surface area contributed by atoms with Crippen LogP contribution in [0.15, 0.2) is 47.6 Å². The van der Waals surface area contributed by atoms with E-state index in [1.807, 2.05) is 0 Å². The number of hydrogen-bond acceptors (Lipinski definition) is 6. The van der Waals surface area contributed by atoms with Crippen LogP contribution in [-0.4, -0.2) is 47.6 Å². The van der Waals surface area contributed by atoms with Gasteiger partial charge < -0.3 is 5.11 Å². The summed E-state index contributed by atoms with van der Waals surface area (Å²) in [6.07, 6.45) is 5.35. The second-order valence-corrected chi connectivity index (χ2v) is 8.80. The van der Waals surface area contributed by atoms with Gasteiger partial charge in [0.1, 0.15) is 0 Å². The first-order valence-electron chi connectivity index (χ1n) is 8.80. The van der Waals surface area contributed by atoms with Crippen LogP contribution in [0.3, 0.4) is 0 Å². The molecule has 2 N–H and O–H groups in total. The number of aliphatic hydroxyl groups is 1. The summed E-state index contributed by atoms with van der Waals surface area (Å²) in [7, 11) is -3.68. The first-order chi connectivity index (χ1) is 12.5. The number of nitrogens with zero attached hydrogens (tertiary/aromatic N) is 3. The van der Waals surface area contributed by atoms with Crippen LogP contribution in [0.1, 0.15) is 18.4 Å². The molecule has 4 rings (SSSR count). The van der Waals surface area contributed by atoms with Crippen LogP contribution in [0.5, 0.6) is 0 Å². The van der Waals surface area contributed by atoms with Crippen LogP contribution in [0.2, 0.25) is 0 Å². The van der Waals surface area contributed by atoms with Gasteiger partial charge in [-0.3, -0.25) is 4.90 Å². The largest absolute Gasteiger partial charge is 0.392 e. The second kappa shape index (κ2) is 6.94. The Balaban J connectivity index is 1.40. The lowest BCUT2D eigenvalue weighted by atomic mass is 9.95. The molecule has 0 spiro atoms. The van der Waals surface area contributed by atoms with E-state index in [9.17, 15) is 13.5 Å². The first kappa shape index (κ1) is 17.4. The number of rotatable bonds is 5. The number of aromatic nitrogens is 2. The first-order valence-corrected chi connectivity index (χ1v) is 10.3. The molecule has 2 fully saturated rings. The summed E-state index contributed by atoms with van der Waals surface area (Å²) in [4.78, 5) is 10.8. The van der Waals surface area contributed by atoms with Gasteiger partial charge >= 0.3 is 0 Å². The van der Waals surface area contributed by atoms with Gasteiger partial charge in [0.05, 0.1) is 11.0 Å². The van der Waals surface area contributed by atoms with E-state index in [0.29, 0.717) is 18.4 Å². The predicted octanol–water partition coefficient (Wildman–Crippen LogP) is 1.48. The Hall–Kier alpha value is -2.03. The highest BCUT2D eigenvalue weighted by Crippen LogP contribution is 2.37. The lowest BCUT2D eigenvalue weighted by Gasteiger charge is -2.35. The SMILES string of the molecule is O=S(=O)(Nc1ncc(CN2C[C@H]3CC[C@@H](C2)C3O)cn1)c1ccccc1. The van der Waals surface area contributed by atoms with Crippen LogP contribution >= 0.6 is 0 Å². The molecule has 1 aliphatic heterocycles. The molecular formula is C18H22N4O3S. The molecule has 0 amide bonds. The predicted molar refractivity (Wildman–Crippen MR) is 96.8 cm³/mol. The average Bonchev–Trinajstić information content (AvgIpc) is 2.85. The monoisotopic (exact) mass is 374 g/mol. The van der Waals surface area contributed by atoms with Crippen molar-refractivity contribution in [1.29, 1.82) is 0 Å². The molecular weight excluding hydrogens is 352 g/mol. The van der Waals surface area contributed by atoms with Gasteiger partial charge in [0.15, 0.2) is 0 Å². The van der Waals surface area contributed by atoms with Gasteiger partial charge in [0.25, 0.3) is 10.0 Å². The fourth-order valence-corrected chi connectivity index (χ4v) is 4.93. The van der Waals surface area contributed by atoms with Gasteiger partial charge in [-0.2, -0.15) is 0 Å². The maximum atomic E-state index is 12.3. The Morgan fingerprint density at radius 3 is 2.31 bits per heavy atom. The van der Waals surface area contributed by atoms with E-state index < -0.39 is 10.0 Å². The number of hydrogen-bond donors (Lipinski definition) is 2. The minimum Gasteiger partial charge on any atom is -0.392 e. The molecule has 2 aliphatic rings. The number of likely N-dealkylation sites (tertiary alicyclic amines) is 1. The molecule has 1 unspecified atom stereocenters. The molecule has 1 saturated heterocycles. The molecule has 8 heteroatoms. The van der Waals surface area contributed by atoms with Gasteiger partial charge in [-0.25, -0.2) is 23.1 Å². The minimum absolute atomic E-state index is 0.0618. The van der Waals surface area contributed by atoms with Gasteiger partial charge in [-0.1, -0.05) is 18.2 Å². The molecule has 2 aromatic rings. The lowest BCUT2D eigenvalue weighted by Crippen LogP contribution is -2.44. The highest BCUT2D eigenvalue weighted by molar-refractivity contribution is 7.92. The topological polar surface area (TPSA) is 95.4 Å². The van der Waals surface area contributed by atoms with Crippen molar-refractivity contribution in [2.45, 2.75) is 30.4 Å². The number of piperidine rings is 1. The fourth-order valence-electron chi connectivity index (χ4n) is 3.95. The molecule has 0 radical (unpaired) electrons. The number of fused-ring (bicyclic) bond motifs is 2. The van der Waals surface area contributed by atoms with E-state index in [1.165, 1.54) is 12.1 Å². The van der Waals surface area contributed by atoms with E-state index >= 15 is 0 Å². The maximum absolute atomic E-state index is 12.3. The molecule has 2 bridgehead atoms. The van der Waals surface area contributed by atoms with Crippen molar-refractivity contribution in [2.24, 2.45) is 11.8 Å². The smallest absolute Gasteiger partial charge is 0.264 e. The van der Waals surface area contributed by atoms with Crippen molar-refractivity contribution in [2.75, 3.05) is 17.8 Å². The second-order valence-electron chi connectivity index (χ2n) is 7.12. The number of benzene rings is 1.